The summed E-state index contributed by atoms with van der Waals surface area (Å²) < 4.78 is 5.43. The summed E-state index contributed by atoms with van der Waals surface area (Å²) in [5, 5.41) is 0. The fraction of sp³-hybridized carbons (Fsp3) is 0.333. The van der Waals surface area contributed by atoms with E-state index in [0.717, 1.165) is 35.7 Å². The van der Waals surface area contributed by atoms with Crippen molar-refractivity contribution in [1.82, 2.24) is 9.88 Å². The maximum absolute atomic E-state index is 12.6. The predicted octanol–water partition coefficient (Wildman–Crippen LogP) is 2.36. The lowest BCUT2D eigenvalue weighted by atomic mass is 10.1. The minimum absolute atomic E-state index is 0.0876. The fourth-order valence-electron chi connectivity index (χ4n) is 2.93. The average molecular weight is 311 g/mol. The molecule has 1 aliphatic heterocycles. The molecule has 1 saturated heterocycles. The minimum Gasteiger partial charge on any atom is -0.495 e. The quantitative estimate of drug-likeness (QED) is 0.873. The number of para-hydroxylation sites is 2. The molecule has 0 bridgehead atoms. The van der Waals surface area contributed by atoms with Crippen molar-refractivity contribution in [1.29, 1.82) is 0 Å². The summed E-state index contributed by atoms with van der Waals surface area (Å²) in [5.41, 5.74) is 2.75. The Hall–Kier alpha value is -2.56. The van der Waals surface area contributed by atoms with Gasteiger partial charge in [-0.2, -0.15) is 0 Å². The number of hydrogen-bond acceptors (Lipinski definition) is 4. The highest BCUT2D eigenvalue weighted by Crippen LogP contribution is 2.28. The molecule has 5 nitrogen and oxygen atoms in total. The third kappa shape index (κ3) is 3.13. The molecule has 0 N–H and O–H groups in total. The lowest BCUT2D eigenvalue weighted by molar-refractivity contribution is 0.0746. The molecule has 3 rings (SSSR count). The first-order chi connectivity index (χ1) is 11.2. The third-order valence-corrected chi connectivity index (χ3v) is 4.24. The van der Waals surface area contributed by atoms with Gasteiger partial charge < -0.3 is 14.5 Å². The SMILES string of the molecule is COc1ccccc1N1CCN(C(=O)c2ccncc2C)CC1. The normalized spacial score (nSPS) is 14.7. The molecule has 1 aliphatic rings. The first kappa shape index (κ1) is 15.3. The zero-order chi connectivity index (χ0) is 16.2. The Balaban J connectivity index is 1.69. The van der Waals surface area contributed by atoms with Gasteiger partial charge in [-0.25, -0.2) is 0 Å². The van der Waals surface area contributed by atoms with Crippen LogP contribution in [0.15, 0.2) is 42.7 Å². The number of piperazine rings is 1. The molecule has 120 valence electrons. The van der Waals surface area contributed by atoms with Crippen LogP contribution >= 0.6 is 0 Å². The molecule has 0 aliphatic carbocycles. The van der Waals surface area contributed by atoms with Crippen molar-refractivity contribution in [2.45, 2.75) is 6.92 Å². The maximum atomic E-state index is 12.6. The molecular weight excluding hydrogens is 290 g/mol. The summed E-state index contributed by atoms with van der Waals surface area (Å²) in [4.78, 5) is 20.9. The molecule has 2 heterocycles. The molecule has 0 spiro atoms. The summed E-state index contributed by atoms with van der Waals surface area (Å²) in [5.74, 6) is 0.960. The van der Waals surface area contributed by atoms with Crippen molar-refractivity contribution < 1.29 is 9.53 Å². The molecule has 2 aromatic rings. The van der Waals surface area contributed by atoms with Gasteiger partial charge >= 0.3 is 0 Å². The number of aryl methyl sites for hydroxylation is 1. The first-order valence-corrected chi connectivity index (χ1v) is 7.78. The fourth-order valence-corrected chi connectivity index (χ4v) is 2.93. The van der Waals surface area contributed by atoms with E-state index in [4.69, 9.17) is 4.74 Å². The largest absolute Gasteiger partial charge is 0.495 e. The highest BCUT2D eigenvalue weighted by atomic mass is 16.5. The number of carbonyl (C=O) groups excluding carboxylic acids is 1. The Kier molecular flexibility index (Phi) is 4.46. The minimum atomic E-state index is 0.0876. The van der Waals surface area contributed by atoms with E-state index in [1.165, 1.54) is 0 Å². The van der Waals surface area contributed by atoms with Crippen molar-refractivity contribution in [2.75, 3.05) is 38.2 Å². The Morgan fingerprint density at radius 3 is 2.57 bits per heavy atom. The smallest absolute Gasteiger partial charge is 0.254 e. The molecule has 23 heavy (non-hydrogen) atoms. The highest BCUT2D eigenvalue weighted by molar-refractivity contribution is 5.95. The van der Waals surface area contributed by atoms with Gasteiger partial charge in [-0.1, -0.05) is 12.1 Å². The number of nitrogens with zero attached hydrogens (tertiary/aromatic N) is 3. The van der Waals surface area contributed by atoms with Gasteiger partial charge in [-0.05, 0) is 30.7 Å². The molecule has 5 heteroatoms. The second kappa shape index (κ2) is 6.69. The second-order valence-corrected chi connectivity index (χ2v) is 5.64. The number of aromatic nitrogens is 1. The Labute approximate surface area is 136 Å². The number of carbonyl (C=O) groups is 1. The van der Waals surface area contributed by atoms with Crippen LogP contribution in [0.1, 0.15) is 15.9 Å². The van der Waals surface area contributed by atoms with Crippen LogP contribution in [-0.4, -0.2) is 49.1 Å². The average Bonchev–Trinajstić information content (AvgIpc) is 2.61. The van der Waals surface area contributed by atoms with Crippen molar-refractivity contribution in [3.63, 3.8) is 0 Å². The summed E-state index contributed by atoms with van der Waals surface area (Å²) >= 11 is 0. The van der Waals surface area contributed by atoms with Gasteiger partial charge in [0.25, 0.3) is 5.91 Å². The van der Waals surface area contributed by atoms with Crippen LogP contribution in [0.5, 0.6) is 5.75 Å². The summed E-state index contributed by atoms with van der Waals surface area (Å²) in [6.45, 7) is 4.94. The molecule has 0 saturated carbocycles. The monoisotopic (exact) mass is 311 g/mol. The van der Waals surface area contributed by atoms with E-state index in [1.54, 1.807) is 25.6 Å². The number of benzene rings is 1. The van der Waals surface area contributed by atoms with Crippen LogP contribution in [0.25, 0.3) is 0 Å². The van der Waals surface area contributed by atoms with E-state index < -0.39 is 0 Å². The van der Waals surface area contributed by atoms with Gasteiger partial charge in [0.2, 0.25) is 0 Å². The van der Waals surface area contributed by atoms with Crippen LogP contribution in [0.3, 0.4) is 0 Å². The van der Waals surface area contributed by atoms with Crippen molar-refractivity contribution in [3.8, 4) is 5.75 Å². The zero-order valence-corrected chi connectivity index (χ0v) is 13.5. The van der Waals surface area contributed by atoms with E-state index in [9.17, 15) is 4.79 Å². The van der Waals surface area contributed by atoms with Gasteiger partial charge in [-0.3, -0.25) is 9.78 Å². The molecular formula is C18H21N3O2. The van der Waals surface area contributed by atoms with Gasteiger partial charge in [0.15, 0.2) is 0 Å². The maximum Gasteiger partial charge on any atom is 0.254 e. The van der Waals surface area contributed by atoms with Crippen molar-refractivity contribution in [3.05, 3.63) is 53.9 Å². The molecule has 0 radical (unpaired) electrons. The summed E-state index contributed by atoms with van der Waals surface area (Å²) in [6.07, 6.45) is 3.41. The van der Waals surface area contributed by atoms with E-state index in [-0.39, 0.29) is 5.91 Å². The van der Waals surface area contributed by atoms with Crippen LogP contribution in [-0.2, 0) is 0 Å². The van der Waals surface area contributed by atoms with E-state index in [0.29, 0.717) is 13.1 Å². The van der Waals surface area contributed by atoms with Crippen molar-refractivity contribution in [2.24, 2.45) is 0 Å². The molecule has 1 aromatic heterocycles. The Bertz CT molecular complexity index is 694. The predicted molar refractivity (Wildman–Crippen MR) is 90.1 cm³/mol. The number of amides is 1. The molecule has 1 fully saturated rings. The number of hydrogen-bond donors (Lipinski definition) is 0. The molecule has 1 aromatic carbocycles. The van der Waals surface area contributed by atoms with E-state index in [2.05, 4.69) is 16.0 Å². The van der Waals surface area contributed by atoms with Gasteiger partial charge in [0, 0.05) is 44.1 Å². The Morgan fingerprint density at radius 1 is 1.13 bits per heavy atom. The molecule has 0 atom stereocenters. The lowest BCUT2D eigenvalue weighted by Gasteiger charge is -2.36. The number of pyridine rings is 1. The number of methoxy groups -OCH3 is 1. The third-order valence-electron chi connectivity index (χ3n) is 4.24. The van der Waals surface area contributed by atoms with Crippen LogP contribution < -0.4 is 9.64 Å². The molecule has 0 unspecified atom stereocenters. The molecule has 1 amide bonds. The van der Waals surface area contributed by atoms with Crippen LogP contribution in [0, 0.1) is 6.92 Å². The van der Waals surface area contributed by atoms with Crippen LogP contribution in [0.2, 0.25) is 0 Å². The first-order valence-electron chi connectivity index (χ1n) is 7.78. The van der Waals surface area contributed by atoms with Gasteiger partial charge in [0.05, 0.1) is 12.8 Å². The van der Waals surface area contributed by atoms with E-state index in [1.807, 2.05) is 30.0 Å². The van der Waals surface area contributed by atoms with E-state index >= 15 is 0 Å². The number of rotatable bonds is 3. The standard InChI is InChI=1S/C18H21N3O2/c1-14-13-19-8-7-15(14)18(22)21-11-9-20(10-12-21)16-5-3-4-6-17(16)23-2/h3-8,13H,9-12H2,1-2H3. The topological polar surface area (TPSA) is 45.7 Å². The lowest BCUT2D eigenvalue weighted by Crippen LogP contribution is -2.49. The van der Waals surface area contributed by atoms with Crippen LogP contribution in [0.4, 0.5) is 5.69 Å². The van der Waals surface area contributed by atoms with Gasteiger partial charge in [0.1, 0.15) is 5.75 Å². The van der Waals surface area contributed by atoms with Crippen molar-refractivity contribution >= 4 is 11.6 Å². The Morgan fingerprint density at radius 2 is 1.87 bits per heavy atom. The second-order valence-electron chi connectivity index (χ2n) is 5.64. The summed E-state index contributed by atoms with van der Waals surface area (Å²) in [6, 6.07) is 9.80. The zero-order valence-electron chi connectivity index (χ0n) is 13.5. The summed E-state index contributed by atoms with van der Waals surface area (Å²) in [7, 11) is 1.69. The number of ether oxygens (including phenoxy) is 1. The number of anilines is 1. The van der Waals surface area contributed by atoms with Gasteiger partial charge in [-0.15, -0.1) is 0 Å². The highest BCUT2D eigenvalue weighted by Gasteiger charge is 2.24.